The lowest BCUT2D eigenvalue weighted by Gasteiger charge is -2.56. The van der Waals surface area contributed by atoms with Gasteiger partial charge in [-0.3, -0.25) is 0 Å². The molecule has 0 aromatic rings. The number of nitrogens with two attached hydrogens (primary N) is 1. The highest BCUT2D eigenvalue weighted by molar-refractivity contribution is 5.05. The lowest BCUT2D eigenvalue weighted by molar-refractivity contribution is -0.685. The van der Waals surface area contributed by atoms with E-state index in [1.165, 1.54) is 12.8 Å². The second-order valence-corrected chi connectivity index (χ2v) is 5.60. The quantitative estimate of drug-likeness (QED) is 0.594. The molecule has 4 aliphatic carbocycles. The van der Waals surface area contributed by atoms with Crippen LogP contribution in [-0.2, 0) is 0 Å². The summed E-state index contributed by atoms with van der Waals surface area (Å²) in [6.07, 6.45) is 6.09. The maximum atomic E-state index is 10.3. The summed E-state index contributed by atoms with van der Waals surface area (Å²) in [5.41, 5.74) is -0.240. The maximum Gasteiger partial charge on any atom is 0.0916 e. The number of hydrogen-bond acceptors (Lipinski definition) is 1. The molecule has 2 nitrogen and oxygen atoms in total. The molecule has 5 atom stereocenters. The number of rotatable bonds is 1. The first-order valence-electron chi connectivity index (χ1n) is 5.72. The van der Waals surface area contributed by atoms with Gasteiger partial charge in [-0.15, -0.1) is 0 Å². The molecule has 0 radical (unpaired) electrons. The van der Waals surface area contributed by atoms with Gasteiger partial charge in [-0.05, 0) is 38.0 Å². The molecule has 0 aromatic carbocycles. The maximum absolute atomic E-state index is 10.3. The van der Waals surface area contributed by atoms with E-state index in [9.17, 15) is 5.11 Å². The van der Waals surface area contributed by atoms with Crippen molar-refractivity contribution in [2.24, 2.45) is 17.8 Å². The number of aliphatic hydroxyl groups is 1. The molecular weight excluding hydrogens is 162 g/mol. The van der Waals surface area contributed by atoms with Crippen LogP contribution in [0.25, 0.3) is 0 Å². The summed E-state index contributed by atoms with van der Waals surface area (Å²) >= 11 is 0. The van der Waals surface area contributed by atoms with Gasteiger partial charge < -0.3 is 10.4 Å². The van der Waals surface area contributed by atoms with Crippen molar-refractivity contribution in [2.45, 2.75) is 43.7 Å². The third-order valence-electron chi connectivity index (χ3n) is 4.70. The minimum absolute atomic E-state index is 0.240. The van der Waals surface area contributed by atoms with E-state index >= 15 is 0 Å². The van der Waals surface area contributed by atoms with Gasteiger partial charge in [0.1, 0.15) is 0 Å². The fourth-order valence-electron chi connectivity index (χ4n) is 4.56. The summed E-state index contributed by atoms with van der Waals surface area (Å²) in [5, 5.41) is 12.7. The zero-order valence-corrected chi connectivity index (χ0v) is 8.37. The molecule has 0 spiro atoms. The summed E-state index contributed by atoms with van der Waals surface area (Å²) in [6, 6.07) is 0.830. The minimum Gasteiger partial charge on any atom is -0.390 e. The number of quaternary nitrogens is 1. The standard InChI is InChI=1S/C11H19NO/c1-12-10-8-2-7-3-9(10)6-11(13,4-7)5-8/h7-10,12-13H,2-6H2,1H3/p+1/t7?,8-,9+,10?,11?. The molecule has 0 aliphatic heterocycles. The van der Waals surface area contributed by atoms with Gasteiger partial charge in [-0.1, -0.05) is 0 Å². The second-order valence-electron chi connectivity index (χ2n) is 5.60. The molecule has 74 valence electrons. The first-order chi connectivity index (χ1) is 6.20. The van der Waals surface area contributed by atoms with Crippen molar-refractivity contribution in [2.75, 3.05) is 7.05 Å². The first-order valence-corrected chi connectivity index (χ1v) is 5.72. The van der Waals surface area contributed by atoms with E-state index in [1.54, 1.807) is 0 Å². The monoisotopic (exact) mass is 182 g/mol. The molecule has 13 heavy (non-hydrogen) atoms. The van der Waals surface area contributed by atoms with Crippen LogP contribution in [0.5, 0.6) is 0 Å². The van der Waals surface area contributed by atoms with Crippen molar-refractivity contribution in [1.29, 1.82) is 0 Å². The van der Waals surface area contributed by atoms with Crippen molar-refractivity contribution in [3.05, 3.63) is 0 Å². The predicted octanol–water partition coefficient (Wildman–Crippen LogP) is 0.119. The molecule has 4 fully saturated rings. The van der Waals surface area contributed by atoms with Crippen LogP contribution in [0.3, 0.4) is 0 Å². The summed E-state index contributed by atoms with van der Waals surface area (Å²) in [4.78, 5) is 0. The van der Waals surface area contributed by atoms with Crippen molar-refractivity contribution >= 4 is 0 Å². The molecule has 0 heterocycles. The van der Waals surface area contributed by atoms with Crippen LogP contribution in [0.15, 0.2) is 0 Å². The van der Waals surface area contributed by atoms with Crippen molar-refractivity contribution in [3.63, 3.8) is 0 Å². The van der Waals surface area contributed by atoms with E-state index in [1.807, 2.05) is 0 Å². The molecule has 0 aromatic heterocycles. The third kappa shape index (κ3) is 1.08. The Morgan fingerprint density at radius 2 is 1.77 bits per heavy atom. The van der Waals surface area contributed by atoms with E-state index in [4.69, 9.17) is 0 Å². The normalized spacial score (nSPS) is 58.6. The summed E-state index contributed by atoms with van der Waals surface area (Å²) in [6.45, 7) is 0. The average Bonchev–Trinajstić information content (AvgIpc) is 2.00. The van der Waals surface area contributed by atoms with E-state index in [2.05, 4.69) is 12.4 Å². The Bertz CT molecular complexity index is 212. The SMILES string of the molecule is C[NH2+]C1[C@@H]2CC3C[C@H]1CC(O)(C3)C2. The Morgan fingerprint density at radius 3 is 2.23 bits per heavy atom. The van der Waals surface area contributed by atoms with Crippen LogP contribution in [0.4, 0.5) is 0 Å². The van der Waals surface area contributed by atoms with Crippen LogP contribution in [-0.4, -0.2) is 23.8 Å². The first kappa shape index (κ1) is 8.25. The Balaban J connectivity index is 1.90. The Hall–Kier alpha value is -0.0800. The second kappa shape index (κ2) is 2.48. The summed E-state index contributed by atoms with van der Waals surface area (Å²) in [7, 11) is 2.21. The topological polar surface area (TPSA) is 36.8 Å². The van der Waals surface area contributed by atoms with Gasteiger partial charge in [0.2, 0.25) is 0 Å². The number of hydrogen-bond donors (Lipinski definition) is 2. The van der Waals surface area contributed by atoms with E-state index in [0.717, 1.165) is 43.1 Å². The van der Waals surface area contributed by atoms with Crippen LogP contribution in [0, 0.1) is 17.8 Å². The third-order valence-corrected chi connectivity index (χ3v) is 4.70. The van der Waals surface area contributed by atoms with Crippen LogP contribution >= 0.6 is 0 Å². The zero-order chi connectivity index (χ0) is 9.05. The lowest BCUT2D eigenvalue weighted by Crippen LogP contribution is -2.92. The fourth-order valence-corrected chi connectivity index (χ4v) is 4.56. The van der Waals surface area contributed by atoms with Gasteiger partial charge in [-0.2, -0.15) is 0 Å². The van der Waals surface area contributed by atoms with E-state index in [-0.39, 0.29) is 5.60 Å². The molecule has 4 aliphatic rings. The predicted molar refractivity (Wildman–Crippen MR) is 50.1 cm³/mol. The molecular formula is C11H20NO+. The highest BCUT2D eigenvalue weighted by Gasteiger charge is 2.55. The molecule has 3 unspecified atom stereocenters. The molecule has 4 bridgehead atoms. The Morgan fingerprint density at radius 1 is 1.15 bits per heavy atom. The molecule has 2 heteroatoms. The van der Waals surface area contributed by atoms with Crippen LogP contribution in [0.2, 0.25) is 0 Å². The highest BCUT2D eigenvalue weighted by atomic mass is 16.3. The van der Waals surface area contributed by atoms with Crippen LogP contribution in [0.1, 0.15) is 32.1 Å². The van der Waals surface area contributed by atoms with Crippen molar-refractivity contribution < 1.29 is 10.4 Å². The Labute approximate surface area is 79.7 Å². The van der Waals surface area contributed by atoms with E-state index < -0.39 is 0 Å². The summed E-state index contributed by atoms with van der Waals surface area (Å²) in [5.74, 6) is 2.50. The molecule has 4 rings (SSSR count). The smallest absolute Gasteiger partial charge is 0.0916 e. The van der Waals surface area contributed by atoms with E-state index in [0.29, 0.717) is 0 Å². The minimum atomic E-state index is -0.240. The van der Waals surface area contributed by atoms with Gasteiger partial charge in [-0.25, -0.2) is 0 Å². The molecule has 4 saturated carbocycles. The van der Waals surface area contributed by atoms with Gasteiger partial charge in [0.25, 0.3) is 0 Å². The lowest BCUT2D eigenvalue weighted by atomic mass is 9.52. The van der Waals surface area contributed by atoms with Crippen molar-refractivity contribution in [3.8, 4) is 0 Å². The van der Waals surface area contributed by atoms with Gasteiger partial charge in [0, 0.05) is 11.8 Å². The van der Waals surface area contributed by atoms with Crippen molar-refractivity contribution in [1.82, 2.24) is 0 Å². The average molecular weight is 182 g/mol. The molecule has 0 amide bonds. The molecule has 3 N–H and O–H groups in total. The summed E-state index contributed by atoms with van der Waals surface area (Å²) < 4.78 is 0. The zero-order valence-electron chi connectivity index (χ0n) is 8.37. The van der Waals surface area contributed by atoms with Gasteiger partial charge in [0.15, 0.2) is 0 Å². The van der Waals surface area contributed by atoms with Gasteiger partial charge >= 0.3 is 0 Å². The fraction of sp³-hybridized carbons (Fsp3) is 1.00. The molecule has 0 saturated heterocycles. The van der Waals surface area contributed by atoms with Gasteiger partial charge in [0.05, 0.1) is 18.7 Å². The Kier molecular flexibility index (Phi) is 1.58. The van der Waals surface area contributed by atoms with Crippen LogP contribution < -0.4 is 5.32 Å². The largest absolute Gasteiger partial charge is 0.390 e. The highest BCUT2D eigenvalue weighted by Crippen LogP contribution is 2.54.